The number of nitrogens with one attached hydrogen (secondary N) is 1. The van der Waals surface area contributed by atoms with Crippen LogP contribution in [0.1, 0.15) is 5.56 Å². The molecule has 1 fully saturated rings. The number of methoxy groups -OCH3 is 1. The Bertz CT molecular complexity index is 377. The van der Waals surface area contributed by atoms with Crippen LogP contribution in [0.25, 0.3) is 0 Å². The van der Waals surface area contributed by atoms with Gasteiger partial charge in [0, 0.05) is 51.4 Å². The highest BCUT2D eigenvalue weighted by atomic mass is 16.5. The Labute approximate surface area is 116 Å². The highest BCUT2D eigenvalue weighted by molar-refractivity contribution is 5.32. The van der Waals surface area contributed by atoms with E-state index in [1.165, 1.54) is 18.7 Å². The summed E-state index contributed by atoms with van der Waals surface area (Å²) >= 11 is 0. The molecular formula is C15H25N3O. The number of piperazine rings is 1. The molecule has 19 heavy (non-hydrogen) atoms. The van der Waals surface area contributed by atoms with Gasteiger partial charge >= 0.3 is 0 Å². The molecule has 0 bridgehead atoms. The third kappa shape index (κ3) is 4.49. The van der Waals surface area contributed by atoms with Gasteiger partial charge in [0.25, 0.3) is 0 Å². The molecule has 1 aliphatic rings. The van der Waals surface area contributed by atoms with Gasteiger partial charge in [-0.2, -0.15) is 0 Å². The number of para-hydroxylation sites is 1. The number of ether oxygens (including phenoxy) is 1. The summed E-state index contributed by atoms with van der Waals surface area (Å²) in [4.78, 5) is 4.88. The third-order valence-corrected chi connectivity index (χ3v) is 3.64. The maximum absolute atomic E-state index is 5.40. The number of rotatable bonds is 6. The minimum Gasteiger partial charge on any atom is -0.496 e. The van der Waals surface area contributed by atoms with E-state index in [1.54, 1.807) is 7.11 Å². The molecule has 4 heteroatoms. The summed E-state index contributed by atoms with van der Waals surface area (Å²) in [5.74, 6) is 0.983. The van der Waals surface area contributed by atoms with Crippen LogP contribution in [0.15, 0.2) is 24.3 Å². The van der Waals surface area contributed by atoms with E-state index in [2.05, 4.69) is 34.3 Å². The Morgan fingerprint density at radius 3 is 2.74 bits per heavy atom. The average molecular weight is 263 g/mol. The lowest BCUT2D eigenvalue weighted by Gasteiger charge is -2.29. The van der Waals surface area contributed by atoms with Gasteiger partial charge < -0.3 is 15.0 Å². The van der Waals surface area contributed by atoms with Gasteiger partial charge in [0.1, 0.15) is 5.75 Å². The Morgan fingerprint density at radius 1 is 1.26 bits per heavy atom. The quantitative estimate of drug-likeness (QED) is 0.830. The van der Waals surface area contributed by atoms with Crippen molar-refractivity contribution < 1.29 is 4.74 Å². The molecule has 0 atom stereocenters. The van der Waals surface area contributed by atoms with Crippen LogP contribution in [-0.4, -0.2) is 63.2 Å². The third-order valence-electron chi connectivity index (χ3n) is 3.64. The van der Waals surface area contributed by atoms with Gasteiger partial charge in [-0.05, 0) is 13.1 Å². The van der Waals surface area contributed by atoms with Gasteiger partial charge in [0.15, 0.2) is 0 Å². The maximum Gasteiger partial charge on any atom is 0.123 e. The molecule has 1 saturated heterocycles. The van der Waals surface area contributed by atoms with Crippen molar-refractivity contribution in [2.45, 2.75) is 6.54 Å². The second kappa shape index (κ2) is 7.48. The highest BCUT2D eigenvalue weighted by Gasteiger charge is 2.11. The highest BCUT2D eigenvalue weighted by Crippen LogP contribution is 2.18. The van der Waals surface area contributed by atoms with Crippen molar-refractivity contribution in [2.75, 3.05) is 53.4 Å². The summed E-state index contributed by atoms with van der Waals surface area (Å²) in [6, 6.07) is 8.25. The molecule has 0 aliphatic carbocycles. The molecule has 106 valence electrons. The molecule has 1 aliphatic heterocycles. The Kier molecular flexibility index (Phi) is 5.63. The van der Waals surface area contributed by atoms with Crippen LogP contribution in [0.2, 0.25) is 0 Å². The minimum atomic E-state index is 0.941. The van der Waals surface area contributed by atoms with Gasteiger partial charge in [-0.3, -0.25) is 4.90 Å². The van der Waals surface area contributed by atoms with Crippen LogP contribution in [0.4, 0.5) is 0 Å². The van der Waals surface area contributed by atoms with E-state index in [1.807, 2.05) is 12.1 Å². The van der Waals surface area contributed by atoms with Crippen LogP contribution in [-0.2, 0) is 6.54 Å². The first-order valence-electron chi connectivity index (χ1n) is 7.03. The second-order valence-corrected chi connectivity index (χ2v) is 5.14. The Balaban J connectivity index is 1.78. The monoisotopic (exact) mass is 263 g/mol. The van der Waals surface area contributed by atoms with Gasteiger partial charge in [-0.25, -0.2) is 0 Å². The molecule has 0 aromatic heterocycles. The molecule has 0 spiro atoms. The van der Waals surface area contributed by atoms with Gasteiger partial charge in [0.2, 0.25) is 0 Å². The van der Waals surface area contributed by atoms with E-state index in [-0.39, 0.29) is 0 Å². The van der Waals surface area contributed by atoms with Crippen molar-refractivity contribution in [2.24, 2.45) is 0 Å². The first-order chi connectivity index (χ1) is 9.29. The zero-order valence-corrected chi connectivity index (χ0v) is 12.1. The zero-order valence-electron chi connectivity index (χ0n) is 12.1. The van der Waals surface area contributed by atoms with Crippen molar-refractivity contribution in [3.05, 3.63) is 29.8 Å². The minimum absolute atomic E-state index is 0.941. The number of nitrogens with zero attached hydrogens (tertiary/aromatic N) is 2. The van der Waals surface area contributed by atoms with Crippen molar-refractivity contribution in [1.29, 1.82) is 0 Å². The summed E-state index contributed by atoms with van der Waals surface area (Å²) in [5.41, 5.74) is 1.26. The van der Waals surface area contributed by atoms with Gasteiger partial charge in [-0.15, -0.1) is 0 Å². The molecular weight excluding hydrogens is 238 g/mol. The first-order valence-corrected chi connectivity index (χ1v) is 7.03. The topological polar surface area (TPSA) is 27.7 Å². The predicted octanol–water partition coefficient (Wildman–Crippen LogP) is 1.03. The van der Waals surface area contributed by atoms with Crippen molar-refractivity contribution in [1.82, 2.24) is 15.1 Å². The van der Waals surface area contributed by atoms with E-state index in [0.717, 1.165) is 38.5 Å². The van der Waals surface area contributed by atoms with E-state index in [0.29, 0.717) is 0 Å². The molecule has 1 aromatic rings. The Morgan fingerprint density at radius 2 is 2.00 bits per heavy atom. The smallest absolute Gasteiger partial charge is 0.123 e. The SMILES string of the molecule is COc1ccccc1CN(C)CCN1CCNCC1. The summed E-state index contributed by atoms with van der Waals surface area (Å²) < 4.78 is 5.40. The number of likely N-dealkylation sites (N-methyl/N-ethyl adjacent to an activating group) is 1. The summed E-state index contributed by atoms with van der Waals surface area (Å²) in [5, 5.41) is 3.39. The van der Waals surface area contributed by atoms with E-state index >= 15 is 0 Å². The fourth-order valence-electron chi connectivity index (χ4n) is 2.45. The van der Waals surface area contributed by atoms with Gasteiger partial charge in [0.05, 0.1) is 7.11 Å². The largest absolute Gasteiger partial charge is 0.496 e. The summed E-state index contributed by atoms with van der Waals surface area (Å²) in [7, 11) is 3.91. The van der Waals surface area contributed by atoms with Crippen LogP contribution >= 0.6 is 0 Å². The molecule has 1 heterocycles. The number of hydrogen-bond acceptors (Lipinski definition) is 4. The maximum atomic E-state index is 5.40. The summed E-state index contributed by atoms with van der Waals surface area (Å²) in [6.07, 6.45) is 0. The lowest BCUT2D eigenvalue weighted by Crippen LogP contribution is -2.45. The molecule has 1 aromatic carbocycles. The molecule has 0 radical (unpaired) electrons. The van der Waals surface area contributed by atoms with Crippen molar-refractivity contribution >= 4 is 0 Å². The van der Waals surface area contributed by atoms with Gasteiger partial charge in [-0.1, -0.05) is 18.2 Å². The lowest BCUT2D eigenvalue weighted by atomic mass is 10.2. The predicted molar refractivity (Wildman–Crippen MR) is 78.6 cm³/mol. The zero-order chi connectivity index (χ0) is 13.5. The molecule has 2 rings (SSSR count). The molecule has 0 unspecified atom stereocenters. The van der Waals surface area contributed by atoms with Crippen LogP contribution in [0, 0.1) is 0 Å². The summed E-state index contributed by atoms with van der Waals surface area (Å²) in [6.45, 7) is 7.76. The second-order valence-electron chi connectivity index (χ2n) is 5.14. The average Bonchev–Trinajstić information content (AvgIpc) is 2.47. The fraction of sp³-hybridized carbons (Fsp3) is 0.600. The normalized spacial score (nSPS) is 16.8. The van der Waals surface area contributed by atoms with Crippen LogP contribution in [0.3, 0.4) is 0 Å². The van der Waals surface area contributed by atoms with E-state index in [4.69, 9.17) is 4.74 Å². The molecule has 0 saturated carbocycles. The first kappa shape index (κ1) is 14.3. The van der Waals surface area contributed by atoms with Crippen LogP contribution in [0.5, 0.6) is 5.75 Å². The standard InChI is InChI=1S/C15H25N3O/c1-17(11-12-18-9-7-16-8-10-18)13-14-5-3-4-6-15(14)19-2/h3-6,16H,7-13H2,1-2H3. The Hall–Kier alpha value is -1.10. The van der Waals surface area contributed by atoms with E-state index in [9.17, 15) is 0 Å². The van der Waals surface area contributed by atoms with Crippen LogP contribution < -0.4 is 10.1 Å². The molecule has 1 N–H and O–H groups in total. The number of hydrogen-bond donors (Lipinski definition) is 1. The fourth-order valence-corrected chi connectivity index (χ4v) is 2.45. The van der Waals surface area contributed by atoms with Crippen molar-refractivity contribution in [3.8, 4) is 5.75 Å². The molecule has 4 nitrogen and oxygen atoms in total. The molecule has 0 amide bonds. The lowest BCUT2D eigenvalue weighted by molar-refractivity contribution is 0.201. The van der Waals surface area contributed by atoms with Crippen molar-refractivity contribution in [3.63, 3.8) is 0 Å². The van der Waals surface area contributed by atoms with E-state index < -0.39 is 0 Å². The number of benzene rings is 1.